The summed E-state index contributed by atoms with van der Waals surface area (Å²) in [5.74, 6) is 0.748. The summed E-state index contributed by atoms with van der Waals surface area (Å²) < 4.78 is 0. The number of hydrogen-bond donors (Lipinski definition) is 3. The van der Waals surface area contributed by atoms with Crippen LogP contribution in [0.3, 0.4) is 0 Å². The lowest BCUT2D eigenvalue weighted by Gasteiger charge is -2.29. The second-order valence-corrected chi connectivity index (χ2v) is 5.79. The minimum atomic E-state index is -0.820. The third-order valence-corrected chi connectivity index (χ3v) is 3.28. The first-order chi connectivity index (χ1) is 9.81. The van der Waals surface area contributed by atoms with Crippen molar-refractivity contribution < 1.29 is 5.11 Å². The van der Waals surface area contributed by atoms with Gasteiger partial charge in [-0.2, -0.15) is 0 Å². The molecule has 0 unspecified atom stereocenters. The molecular formula is C16H22N4O. The highest BCUT2D eigenvalue weighted by Gasteiger charge is 2.19. The summed E-state index contributed by atoms with van der Waals surface area (Å²) in [7, 11) is 0. The van der Waals surface area contributed by atoms with Crippen molar-refractivity contribution in [2.75, 3.05) is 18.0 Å². The van der Waals surface area contributed by atoms with Crippen molar-refractivity contribution >= 4 is 22.6 Å². The molecule has 0 atom stereocenters. The number of hydrogen-bond acceptors (Lipinski definition) is 4. The number of anilines is 1. The largest absolute Gasteiger partial charge is 0.389 e. The van der Waals surface area contributed by atoms with Gasteiger partial charge in [0.25, 0.3) is 0 Å². The molecule has 0 bridgehead atoms. The van der Waals surface area contributed by atoms with E-state index >= 15 is 0 Å². The summed E-state index contributed by atoms with van der Waals surface area (Å²) in [5, 5.41) is 18.7. The average molecular weight is 286 g/mol. The van der Waals surface area contributed by atoms with Gasteiger partial charge in [0.1, 0.15) is 11.7 Å². The minimum absolute atomic E-state index is 0.0224. The third-order valence-electron chi connectivity index (χ3n) is 3.28. The molecule has 2 aromatic rings. The fourth-order valence-corrected chi connectivity index (χ4v) is 2.37. The monoisotopic (exact) mass is 286 g/mol. The van der Waals surface area contributed by atoms with Gasteiger partial charge in [0.05, 0.1) is 11.1 Å². The maximum absolute atomic E-state index is 10.0. The molecule has 0 amide bonds. The van der Waals surface area contributed by atoms with Gasteiger partial charge in [0.2, 0.25) is 0 Å². The van der Waals surface area contributed by atoms with Crippen LogP contribution < -0.4 is 10.6 Å². The van der Waals surface area contributed by atoms with Crippen LogP contribution in [-0.2, 0) is 0 Å². The number of rotatable bonds is 5. The number of para-hydroxylation sites is 1. The van der Waals surface area contributed by atoms with E-state index in [2.05, 4.69) is 4.98 Å². The Kier molecular flexibility index (Phi) is 4.14. The van der Waals surface area contributed by atoms with E-state index in [4.69, 9.17) is 11.1 Å². The number of nitrogens with zero attached hydrogens (tertiary/aromatic N) is 2. The van der Waals surface area contributed by atoms with Gasteiger partial charge in [-0.05, 0) is 32.9 Å². The molecule has 5 nitrogen and oxygen atoms in total. The quantitative estimate of drug-likeness (QED) is 0.580. The number of nitrogens with two attached hydrogens (primary N) is 1. The number of aliphatic hydroxyl groups is 1. The molecule has 1 aromatic carbocycles. The van der Waals surface area contributed by atoms with E-state index in [0.717, 1.165) is 16.7 Å². The molecule has 1 heterocycles. The first-order valence-electron chi connectivity index (χ1n) is 7.03. The number of likely N-dealkylation sites (N-methyl/N-ethyl adjacent to an activating group) is 1. The minimum Gasteiger partial charge on any atom is -0.389 e. The molecule has 2 rings (SSSR count). The van der Waals surface area contributed by atoms with Crippen molar-refractivity contribution in [2.24, 2.45) is 5.73 Å². The maximum atomic E-state index is 10.0. The molecule has 0 spiro atoms. The Morgan fingerprint density at radius 1 is 1.38 bits per heavy atom. The van der Waals surface area contributed by atoms with Crippen LogP contribution >= 0.6 is 0 Å². The lowest BCUT2D eigenvalue weighted by atomic mass is 10.1. The van der Waals surface area contributed by atoms with Crippen LogP contribution in [0.5, 0.6) is 0 Å². The van der Waals surface area contributed by atoms with Gasteiger partial charge in [-0.25, -0.2) is 4.98 Å². The molecule has 5 heteroatoms. The van der Waals surface area contributed by atoms with Crippen molar-refractivity contribution in [3.8, 4) is 0 Å². The highest BCUT2D eigenvalue weighted by molar-refractivity contribution is 6.07. The van der Waals surface area contributed by atoms with Crippen molar-refractivity contribution in [1.82, 2.24) is 4.98 Å². The lowest BCUT2D eigenvalue weighted by molar-refractivity contribution is 0.0874. The lowest BCUT2D eigenvalue weighted by Crippen LogP contribution is -2.39. The Morgan fingerprint density at radius 2 is 2.05 bits per heavy atom. The molecule has 0 saturated heterocycles. The molecule has 0 radical (unpaired) electrons. The van der Waals surface area contributed by atoms with E-state index in [0.29, 0.717) is 18.7 Å². The fraction of sp³-hybridized carbons (Fsp3) is 0.375. The molecule has 0 aliphatic heterocycles. The van der Waals surface area contributed by atoms with Crippen LogP contribution in [-0.4, -0.2) is 34.6 Å². The second kappa shape index (κ2) is 5.69. The van der Waals surface area contributed by atoms with E-state index in [9.17, 15) is 5.11 Å². The Morgan fingerprint density at radius 3 is 2.62 bits per heavy atom. The molecule has 0 fully saturated rings. The number of aromatic nitrogens is 1. The van der Waals surface area contributed by atoms with Gasteiger partial charge in [-0.3, -0.25) is 5.41 Å². The fourth-order valence-electron chi connectivity index (χ4n) is 2.37. The molecule has 21 heavy (non-hydrogen) atoms. The summed E-state index contributed by atoms with van der Waals surface area (Å²) >= 11 is 0. The first-order valence-corrected chi connectivity index (χ1v) is 7.03. The summed E-state index contributed by atoms with van der Waals surface area (Å²) in [6.45, 7) is 6.72. The van der Waals surface area contributed by atoms with Gasteiger partial charge >= 0.3 is 0 Å². The third kappa shape index (κ3) is 3.49. The summed E-state index contributed by atoms with van der Waals surface area (Å²) in [5.41, 5.74) is 6.36. The Bertz CT molecular complexity index is 661. The topological polar surface area (TPSA) is 86.2 Å². The molecule has 0 aliphatic rings. The van der Waals surface area contributed by atoms with Crippen molar-refractivity contribution in [1.29, 1.82) is 5.41 Å². The SMILES string of the molecule is CCN(CC(C)(C)O)c1cc(C(=N)N)c2ccccc2n1. The number of fused-ring (bicyclic) bond motifs is 1. The normalized spacial score (nSPS) is 11.6. The molecule has 1 aromatic heterocycles. The van der Waals surface area contributed by atoms with E-state index in [-0.39, 0.29) is 5.84 Å². The van der Waals surface area contributed by atoms with Gasteiger partial charge in [0, 0.05) is 24.0 Å². The van der Waals surface area contributed by atoms with Crippen LogP contribution in [0.25, 0.3) is 10.9 Å². The predicted octanol–water partition coefficient (Wildman–Crippen LogP) is 2.12. The van der Waals surface area contributed by atoms with E-state index < -0.39 is 5.60 Å². The van der Waals surface area contributed by atoms with Gasteiger partial charge < -0.3 is 15.7 Å². The van der Waals surface area contributed by atoms with E-state index in [1.54, 1.807) is 13.8 Å². The molecule has 0 saturated carbocycles. The number of benzene rings is 1. The maximum Gasteiger partial charge on any atom is 0.130 e. The zero-order valence-electron chi connectivity index (χ0n) is 12.7. The average Bonchev–Trinajstić information content (AvgIpc) is 2.42. The first kappa shape index (κ1) is 15.3. The molecule has 0 aliphatic carbocycles. The molecular weight excluding hydrogens is 264 g/mol. The second-order valence-electron chi connectivity index (χ2n) is 5.79. The van der Waals surface area contributed by atoms with Crippen LogP contribution in [0.4, 0.5) is 5.82 Å². The number of pyridine rings is 1. The Balaban J connectivity index is 2.56. The Labute approximate surface area is 124 Å². The molecule has 4 N–H and O–H groups in total. The van der Waals surface area contributed by atoms with Crippen molar-refractivity contribution in [3.63, 3.8) is 0 Å². The summed E-state index contributed by atoms with van der Waals surface area (Å²) in [6.07, 6.45) is 0. The molecule has 112 valence electrons. The van der Waals surface area contributed by atoms with Gasteiger partial charge in [0.15, 0.2) is 0 Å². The van der Waals surface area contributed by atoms with Crippen molar-refractivity contribution in [3.05, 3.63) is 35.9 Å². The van der Waals surface area contributed by atoms with Gasteiger partial charge in [-0.1, -0.05) is 18.2 Å². The van der Waals surface area contributed by atoms with Gasteiger partial charge in [-0.15, -0.1) is 0 Å². The van der Waals surface area contributed by atoms with Crippen LogP contribution in [0.2, 0.25) is 0 Å². The smallest absolute Gasteiger partial charge is 0.130 e. The van der Waals surface area contributed by atoms with Crippen LogP contribution in [0, 0.1) is 5.41 Å². The number of nitrogens with one attached hydrogen (secondary N) is 1. The number of amidine groups is 1. The summed E-state index contributed by atoms with van der Waals surface area (Å²) in [6, 6.07) is 9.46. The number of nitrogen functional groups attached to an aromatic ring is 1. The zero-order valence-corrected chi connectivity index (χ0v) is 12.7. The predicted molar refractivity (Wildman–Crippen MR) is 86.9 cm³/mol. The standard InChI is InChI=1S/C16H22N4O/c1-4-20(10-16(2,3)21)14-9-12(15(17)18)11-7-5-6-8-13(11)19-14/h5-9,21H,4,10H2,1-3H3,(H3,17,18). The highest BCUT2D eigenvalue weighted by Crippen LogP contribution is 2.23. The zero-order chi connectivity index (χ0) is 15.6. The summed E-state index contributed by atoms with van der Waals surface area (Å²) in [4.78, 5) is 6.62. The van der Waals surface area contributed by atoms with Crippen LogP contribution in [0.1, 0.15) is 26.3 Å². The van der Waals surface area contributed by atoms with E-state index in [1.807, 2.05) is 42.2 Å². The van der Waals surface area contributed by atoms with E-state index in [1.165, 1.54) is 0 Å². The Hall–Kier alpha value is -2.14. The van der Waals surface area contributed by atoms with Crippen LogP contribution in [0.15, 0.2) is 30.3 Å². The van der Waals surface area contributed by atoms with Crippen molar-refractivity contribution in [2.45, 2.75) is 26.4 Å². The highest BCUT2D eigenvalue weighted by atomic mass is 16.3.